The summed E-state index contributed by atoms with van der Waals surface area (Å²) in [5, 5.41) is 7.64. The van der Waals surface area contributed by atoms with E-state index in [1.807, 2.05) is 18.2 Å². The first-order chi connectivity index (χ1) is 20.5. The minimum absolute atomic E-state index is 0.0612. The van der Waals surface area contributed by atoms with E-state index in [1.54, 1.807) is 32.9 Å². The fourth-order valence-electron chi connectivity index (χ4n) is 4.48. The SMILES string of the molecule is CCOC(=O)[C@@H](CCC(=O)OCc1ccccc1)NC(=O)[C@@H](NC(=O)CNC(=O)C1CC1c1ccc(F)c(F)c1)C(C)C. The van der Waals surface area contributed by atoms with Crippen molar-refractivity contribution in [1.29, 1.82) is 0 Å². The Hall–Kier alpha value is -4.35. The molecule has 10 nitrogen and oxygen atoms in total. The summed E-state index contributed by atoms with van der Waals surface area (Å²) in [5.41, 5.74) is 1.30. The van der Waals surface area contributed by atoms with Crippen LogP contribution in [0.25, 0.3) is 0 Å². The highest BCUT2D eigenvalue weighted by molar-refractivity contribution is 5.93. The fraction of sp³-hybridized carbons (Fsp3) is 0.452. The Balaban J connectivity index is 1.49. The number of carbonyl (C=O) groups is 5. The molecular weight excluding hydrogens is 564 g/mol. The van der Waals surface area contributed by atoms with Gasteiger partial charge in [0, 0.05) is 12.3 Å². The predicted molar refractivity (Wildman–Crippen MR) is 151 cm³/mol. The average molecular weight is 602 g/mol. The lowest BCUT2D eigenvalue weighted by Gasteiger charge is -2.25. The number of nitrogens with one attached hydrogen (secondary N) is 3. The van der Waals surface area contributed by atoms with Gasteiger partial charge in [0.2, 0.25) is 17.7 Å². The van der Waals surface area contributed by atoms with E-state index in [9.17, 15) is 32.8 Å². The van der Waals surface area contributed by atoms with E-state index in [2.05, 4.69) is 16.0 Å². The van der Waals surface area contributed by atoms with Crippen molar-refractivity contribution in [2.45, 2.75) is 64.6 Å². The van der Waals surface area contributed by atoms with Crippen molar-refractivity contribution in [2.24, 2.45) is 11.8 Å². The fourth-order valence-corrected chi connectivity index (χ4v) is 4.48. The maximum atomic E-state index is 13.5. The van der Waals surface area contributed by atoms with E-state index in [0.29, 0.717) is 12.0 Å². The molecule has 3 rings (SSSR count). The van der Waals surface area contributed by atoms with Crippen LogP contribution >= 0.6 is 0 Å². The standard InChI is InChI=1S/C31H37F2N3O7/c1-4-42-31(41)25(12-13-27(38)43-17-19-8-6-5-7-9-19)35-30(40)28(18(2)3)36-26(37)16-34-29(39)22-15-21(22)20-10-11-23(32)24(33)14-20/h5-11,14,18,21-22,25,28H,4,12-13,15-17H2,1-3H3,(H,34,39)(H,35,40)(H,36,37)/t21?,22?,25-,28+/m1/s1. The lowest BCUT2D eigenvalue weighted by Crippen LogP contribution is -2.55. The van der Waals surface area contributed by atoms with Crippen molar-refractivity contribution in [2.75, 3.05) is 13.2 Å². The van der Waals surface area contributed by atoms with Crippen LogP contribution < -0.4 is 16.0 Å². The molecule has 0 heterocycles. The number of amides is 3. The maximum Gasteiger partial charge on any atom is 0.328 e. The largest absolute Gasteiger partial charge is 0.464 e. The smallest absolute Gasteiger partial charge is 0.328 e. The van der Waals surface area contributed by atoms with Crippen LogP contribution in [0.5, 0.6) is 0 Å². The second-order valence-electron chi connectivity index (χ2n) is 10.6. The molecule has 0 aliphatic heterocycles. The third-order valence-electron chi connectivity index (χ3n) is 6.96. The van der Waals surface area contributed by atoms with Crippen LogP contribution in [0.2, 0.25) is 0 Å². The van der Waals surface area contributed by atoms with Gasteiger partial charge in [0.05, 0.1) is 13.2 Å². The Bertz CT molecular complexity index is 1310. The number of hydrogen-bond donors (Lipinski definition) is 3. The lowest BCUT2D eigenvalue weighted by atomic mass is 10.0. The Kier molecular flexibility index (Phi) is 12.2. The number of hydrogen-bond acceptors (Lipinski definition) is 7. The summed E-state index contributed by atoms with van der Waals surface area (Å²) in [6.07, 6.45) is 0.201. The van der Waals surface area contributed by atoms with E-state index in [0.717, 1.165) is 17.7 Å². The predicted octanol–water partition coefficient (Wildman–Crippen LogP) is 2.90. The summed E-state index contributed by atoms with van der Waals surface area (Å²) in [7, 11) is 0. The Labute approximate surface area is 248 Å². The number of carbonyl (C=O) groups excluding carboxylic acids is 5. The normalized spacial score (nSPS) is 16.9. The van der Waals surface area contributed by atoms with Gasteiger partial charge in [-0.2, -0.15) is 0 Å². The molecule has 1 saturated carbocycles. The van der Waals surface area contributed by atoms with Crippen molar-refractivity contribution in [3.63, 3.8) is 0 Å². The first-order valence-corrected chi connectivity index (χ1v) is 14.2. The average Bonchev–Trinajstić information content (AvgIpc) is 3.78. The molecule has 3 amide bonds. The Morgan fingerprint density at radius 1 is 0.953 bits per heavy atom. The molecule has 1 aliphatic carbocycles. The van der Waals surface area contributed by atoms with Gasteiger partial charge < -0.3 is 25.4 Å². The molecule has 43 heavy (non-hydrogen) atoms. The van der Waals surface area contributed by atoms with Gasteiger partial charge in [-0.25, -0.2) is 13.6 Å². The first kappa shape index (κ1) is 33.2. The Morgan fingerprint density at radius 2 is 1.67 bits per heavy atom. The second-order valence-corrected chi connectivity index (χ2v) is 10.6. The van der Waals surface area contributed by atoms with Gasteiger partial charge >= 0.3 is 11.9 Å². The van der Waals surface area contributed by atoms with Crippen LogP contribution in [0.3, 0.4) is 0 Å². The molecule has 1 fully saturated rings. The number of ether oxygens (including phenoxy) is 2. The van der Waals surface area contributed by atoms with Gasteiger partial charge in [-0.1, -0.05) is 50.2 Å². The van der Waals surface area contributed by atoms with Gasteiger partial charge in [0.25, 0.3) is 0 Å². The van der Waals surface area contributed by atoms with E-state index >= 15 is 0 Å². The van der Waals surface area contributed by atoms with Crippen molar-refractivity contribution in [3.05, 3.63) is 71.3 Å². The topological polar surface area (TPSA) is 140 Å². The number of benzene rings is 2. The van der Waals surface area contributed by atoms with Crippen LogP contribution in [-0.4, -0.2) is 54.9 Å². The third kappa shape index (κ3) is 10.2. The highest BCUT2D eigenvalue weighted by Gasteiger charge is 2.44. The lowest BCUT2D eigenvalue weighted by molar-refractivity contribution is -0.149. The molecule has 4 atom stereocenters. The second kappa shape index (κ2) is 15.8. The van der Waals surface area contributed by atoms with Crippen LogP contribution in [-0.2, 0) is 40.1 Å². The molecule has 1 aliphatic rings. The molecule has 2 aromatic rings. The van der Waals surface area contributed by atoms with Gasteiger partial charge in [0.1, 0.15) is 18.7 Å². The molecule has 2 aromatic carbocycles. The van der Waals surface area contributed by atoms with E-state index in [-0.39, 0.29) is 37.9 Å². The van der Waals surface area contributed by atoms with Gasteiger partial charge in [-0.05, 0) is 54.9 Å². The molecule has 12 heteroatoms. The molecule has 2 unspecified atom stereocenters. The number of halogens is 2. The van der Waals surface area contributed by atoms with Crippen LogP contribution in [0.4, 0.5) is 8.78 Å². The molecule has 0 saturated heterocycles. The van der Waals surface area contributed by atoms with E-state index < -0.39 is 65.8 Å². The summed E-state index contributed by atoms with van der Waals surface area (Å²) >= 11 is 0. The molecule has 0 bridgehead atoms. The monoisotopic (exact) mass is 601 g/mol. The van der Waals surface area contributed by atoms with E-state index in [4.69, 9.17) is 9.47 Å². The number of rotatable bonds is 15. The first-order valence-electron chi connectivity index (χ1n) is 14.2. The minimum atomic E-state index is -1.15. The zero-order valence-electron chi connectivity index (χ0n) is 24.4. The number of esters is 2. The summed E-state index contributed by atoms with van der Waals surface area (Å²) in [6.45, 7) is 4.72. The zero-order valence-corrected chi connectivity index (χ0v) is 24.4. The molecule has 0 aromatic heterocycles. The summed E-state index contributed by atoms with van der Waals surface area (Å²) in [4.78, 5) is 63.0. The molecule has 232 valence electrons. The molecule has 0 spiro atoms. The zero-order chi connectivity index (χ0) is 31.5. The van der Waals surface area contributed by atoms with Crippen LogP contribution in [0, 0.1) is 23.5 Å². The molecule has 0 radical (unpaired) electrons. The Morgan fingerprint density at radius 3 is 2.33 bits per heavy atom. The van der Waals surface area contributed by atoms with Crippen molar-refractivity contribution in [3.8, 4) is 0 Å². The highest BCUT2D eigenvalue weighted by atomic mass is 19.2. The minimum Gasteiger partial charge on any atom is -0.464 e. The molecule has 3 N–H and O–H groups in total. The van der Waals surface area contributed by atoms with Gasteiger partial charge in [0.15, 0.2) is 11.6 Å². The maximum absolute atomic E-state index is 13.5. The summed E-state index contributed by atoms with van der Waals surface area (Å²) in [6, 6.07) is 10.4. The van der Waals surface area contributed by atoms with Gasteiger partial charge in [-0.15, -0.1) is 0 Å². The van der Waals surface area contributed by atoms with Gasteiger partial charge in [-0.3, -0.25) is 19.2 Å². The van der Waals surface area contributed by atoms with Crippen LogP contribution in [0.1, 0.15) is 57.1 Å². The molecular formula is C31H37F2N3O7. The highest BCUT2D eigenvalue weighted by Crippen LogP contribution is 2.47. The van der Waals surface area contributed by atoms with Crippen molar-refractivity contribution in [1.82, 2.24) is 16.0 Å². The quantitative estimate of drug-likeness (QED) is 0.267. The summed E-state index contributed by atoms with van der Waals surface area (Å²) < 4.78 is 37.0. The van der Waals surface area contributed by atoms with Crippen LogP contribution in [0.15, 0.2) is 48.5 Å². The third-order valence-corrected chi connectivity index (χ3v) is 6.96. The van der Waals surface area contributed by atoms with Crippen molar-refractivity contribution >= 4 is 29.7 Å². The van der Waals surface area contributed by atoms with Crippen molar-refractivity contribution < 1.29 is 42.2 Å². The van der Waals surface area contributed by atoms with E-state index in [1.165, 1.54) is 6.07 Å². The summed E-state index contributed by atoms with van der Waals surface area (Å²) in [5.74, 6) is -6.11.